The van der Waals surface area contributed by atoms with Crippen molar-refractivity contribution in [2.75, 3.05) is 6.26 Å². The SMILES string of the molecule is CS(=O)(=O)Cc1ccc(C(=O)OCc2cccc(C#N)c2)cc1. The lowest BCUT2D eigenvalue weighted by molar-refractivity contribution is 0.0472. The van der Waals surface area contributed by atoms with Crippen molar-refractivity contribution in [1.29, 1.82) is 5.26 Å². The van der Waals surface area contributed by atoms with Gasteiger partial charge in [-0.25, -0.2) is 13.2 Å². The molecule has 0 aliphatic rings. The van der Waals surface area contributed by atoms with E-state index in [4.69, 9.17) is 10.00 Å². The number of hydrogen-bond acceptors (Lipinski definition) is 5. The van der Waals surface area contributed by atoms with E-state index in [1.165, 1.54) is 12.1 Å². The lowest BCUT2D eigenvalue weighted by atomic mass is 10.1. The highest BCUT2D eigenvalue weighted by Gasteiger charge is 2.09. The molecular formula is C17H15NO4S. The topological polar surface area (TPSA) is 84.2 Å². The van der Waals surface area contributed by atoms with Crippen molar-refractivity contribution in [3.05, 3.63) is 70.8 Å². The van der Waals surface area contributed by atoms with Crippen LogP contribution in [0.25, 0.3) is 0 Å². The zero-order chi connectivity index (χ0) is 16.9. The molecule has 2 aromatic carbocycles. The van der Waals surface area contributed by atoms with Gasteiger partial charge in [-0.15, -0.1) is 0 Å². The normalized spacial score (nSPS) is 10.8. The average molecular weight is 329 g/mol. The molecule has 23 heavy (non-hydrogen) atoms. The van der Waals surface area contributed by atoms with Gasteiger partial charge in [0.2, 0.25) is 0 Å². The van der Waals surface area contributed by atoms with Crippen molar-refractivity contribution in [2.24, 2.45) is 0 Å². The first-order chi connectivity index (χ1) is 10.9. The van der Waals surface area contributed by atoms with Crippen LogP contribution in [0.1, 0.15) is 27.0 Å². The van der Waals surface area contributed by atoms with Crippen molar-refractivity contribution >= 4 is 15.8 Å². The molecule has 6 heteroatoms. The number of nitrogens with zero attached hydrogens (tertiary/aromatic N) is 1. The van der Waals surface area contributed by atoms with Gasteiger partial charge < -0.3 is 4.74 Å². The van der Waals surface area contributed by atoms with Gasteiger partial charge in [0, 0.05) is 6.26 Å². The monoisotopic (exact) mass is 329 g/mol. The van der Waals surface area contributed by atoms with Crippen LogP contribution in [0.4, 0.5) is 0 Å². The molecule has 0 atom stereocenters. The quantitative estimate of drug-likeness (QED) is 0.787. The Morgan fingerprint density at radius 1 is 1.13 bits per heavy atom. The van der Waals surface area contributed by atoms with Gasteiger partial charge in [-0.2, -0.15) is 5.26 Å². The summed E-state index contributed by atoms with van der Waals surface area (Å²) in [6.07, 6.45) is 1.16. The molecule has 0 heterocycles. The summed E-state index contributed by atoms with van der Waals surface area (Å²) >= 11 is 0. The van der Waals surface area contributed by atoms with Crippen LogP contribution >= 0.6 is 0 Å². The van der Waals surface area contributed by atoms with E-state index in [1.54, 1.807) is 36.4 Å². The molecule has 0 saturated carbocycles. The molecule has 2 aromatic rings. The molecule has 5 nitrogen and oxygen atoms in total. The minimum absolute atomic E-state index is 0.0662. The van der Waals surface area contributed by atoms with Crippen molar-refractivity contribution in [3.8, 4) is 6.07 Å². The first-order valence-electron chi connectivity index (χ1n) is 6.80. The highest BCUT2D eigenvalue weighted by molar-refractivity contribution is 7.89. The Labute approximate surface area is 135 Å². The van der Waals surface area contributed by atoms with Crippen LogP contribution < -0.4 is 0 Å². The Balaban J connectivity index is 1.99. The van der Waals surface area contributed by atoms with Crippen LogP contribution in [0.5, 0.6) is 0 Å². The van der Waals surface area contributed by atoms with Crippen LogP contribution in [0, 0.1) is 11.3 Å². The molecule has 0 aliphatic heterocycles. The number of carbonyl (C=O) groups excluding carboxylic acids is 1. The van der Waals surface area contributed by atoms with Crippen LogP contribution in [0.15, 0.2) is 48.5 Å². The number of rotatable bonds is 5. The zero-order valence-corrected chi connectivity index (χ0v) is 13.3. The fourth-order valence-corrected chi connectivity index (χ4v) is 2.80. The molecule has 0 N–H and O–H groups in total. The number of nitriles is 1. The third-order valence-corrected chi connectivity index (χ3v) is 3.90. The summed E-state index contributed by atoms with van der Waals surface area (Å²) in [6, 6.07) is 15.1. The maximum Gasteiger partial charge on any atom is 0.338 e. The van der Waals surface area contributed by atoms with Gasteiger partial charge >= 0.3 is 5.97 Å². The number of esters is 1. The summed E-state index contributed by atoms with van der Waals surface area (Å²) in [5.41, 5.74) is 2.19. The fourth-order valence-electron chi connectivity index (χ4n) is 2.00. The Kier molecular flexibility index (Phi) is 5.14. The predicted octanol–water partition coefficient (Wildman–Crippen LogP) is 2.46. The maximum atomic E-state index is 12.0. The predicted molar refractivity (Wildman–Crippen MR) is 85.3 cm³/mol. The van der Waals surface area contributed by atoms with Crippen molar-refractivity contribution in [3.63, 3.8) is 0 Å². The lowest BCUT2D eigenvalue weighted by Gasteiger charge is -2.06. The average Bonchev–Trinajstić information content (AvgIpc) is 2.52. The molecule has 0 amide bonds. The third-order valence-electron chi connectivity index (χ3n) is 3.04. The van der Waals surface area contributed by atoms with Crippen molar-refractivity contribution < 1.29 is 17.9 Å². The van der Waals surface area contributed by atoms with E-state index in [2.05, 4.69) is 0 Å². The molecule has 0 saturated heterocycles. The van der Waals surface area contributed by atoms with Crippen molar-refractivity contribution in [2.45, 2.75) is 12.4 Å². The number of benzene rings is 2. The third kappa shape index (κ3) is 5.24. The summed E-state index contributed by atoms with van der Waals surface area (Å²) in [5.74, 6) is -0.568. The van der Waals surface area contributed by atoms with E-state index in [0.717, 1.165) is 11.8 Å². The Bertz CT molecular complexity index is 849. The molecule has 0 unspecified atom stereocenters. The van der Waals surface area contributed by atoms with Gasteiger partial charge in [0.1, 0.15) is 6.61 Å². The van der Waals surface area contributed by atoms with Crippen LogP contribution in [-0.4, -0.2) is 20.6 Å². The Morgan fingerprint density at radius 3 is 2.43 bits per heavy atom. The molecule has 2 rings (SSSR count). The van der Waals surface area contributed by atoms with Gasteiger partial charge in [-0.1, -0.05) is 24.3 Å². The van der Waals surface area contributed by atoms with E-state index in [9.17, 15) is 13.2 Å². The zero-order valence-electron chi connectivity index (χ0n) is 12.5. The largest absolute Gasteiger partial charge is 0.457 e. The minimum Gasteiger partial charge on any atom is -0.457 e. The summed E-state index contributed by atoms with van der Waals surface area (Å²) in [5, 5.41) is 8.82. The Hall–Kier alpha value is -2.65. The summed E-state index contributed by atoms with van der Waals surface area (Å²) in [7, 11) is -3.11. The molecule has 0 radical (unpaired) electrons. The van der Waals surface area contributed by atoms with Crippen LogP contribution in [0.2, 0.25) is 0 Å². The van der Waals surface area contributed by atoms with E-state index < -0.39 is 15.8 Å². The minimum atomic E-state index is -3.11. The fraction of sp³-hybridized carbons (Fsp3) is 0.176. The van der Waals surface area contributed by atoms with Gasteiger partial charge in [-0.05, 0) is 35.4 Å². The van der Waals surface area contributed by atoms with Crippen LogP contribution in [-0.2, 0) is 26.9 Å². The van der Waals surface area contributed by atoms with E-state index in [-0.39, 0.29) is 12.4 Å². The van der Waals surface area contributed by atoms with Gasteiger partial charge in [0.25, 0.3) is 0 Å². The lowest BCUT2D eigenvalue weighted by Crippen LogP contribution is -2.06. The molecule has 0 aliphatic carbocycles. The first-order valence-corrected chi connectivity index (χ1v) is 8.86. The maximum absolute atomic E-state index is 12.0. The molecule has 0 aromatic heterocycles. The summed E-state index contributed by atoms with van der Waals surface area (Å²) < 4.78 is 27.6. The first kappa shape index (κ1) is 16.7. The highest BCUT2D eigenvalue weighted by Crippen LogP contribution is 2.11. The molecule has 0 spiro atoms. The standard InChI is InChI=1S/C17H15NO4S/c1-23(20,21)12-13-5-7-16(8-6-13)17(19)22-11-15-4-2-3-14(9-15)10-18/h2-9H,11-12H2,1H3. The summed E-state index contributed by atoms with van der Waals surface area (Å²) in [6.45, 7) is 0.0689. The van der Waals surface area contributed by atoms with E-state index in [1.807, 2.05) is 6.07 Å². The van der Waals surface area contributed by atoms with Crippen molar-refractivity contribution in [1.82, 2.24) is 0 Å². The molecule has 0 bridgehead atoms. The van der Waals surface area contributed by atoms with E-state index >= 15 is 0 Å². The second-order valence-corrected chi connectivity index (χ2v) is 7.30. The smallest absolute Gasteiger partial charge is 0.338 e. The number of ether oxygens (including phenoxy) is 1. The molecule has 0 fully saturated rings. The van der Waals surface area contributed by atoms with Crippen LogP contribution in [0.3, 0.4) is 0 Å². The highest BCUT2D eigenvalue weighted by atomic mass is 32.2. The van der Waals surface area contributed by atoms with Gasteiger partial charge in [0.05, 0.1) is 22.9 Å². The van der Waals surface area contributed by atoms with Gasteiger partial charge in [0.15, 0.2) is 9.84 Å². The Morgan fingerprint density at radius 2 is 1.83 bits per heavy atom. The molecular weight excluding hydrogens is 314 g/mol. The number of sulfone groups is 1. The number of carbonyl (C=O) groups is 1. The summed E-state index contributed by atoms with van der Waals surface area (Å²) in [4.78, 5) is 12.0. The number of hydrogen-bond donors (Lipinski definition) is 0. The van der Waals surface area contributed by atoms with Gasteiger partial charge in [-0.3, -0.25) is 0 Å². The second kappa shape index (κ2) is 7.07. The second-order valence-electron chi connectivity index (χ2n) is 5.16. The molecule has 118 valence electrons. The van der Waals surface area contributed by atoms with E-state index in [0.29, 0.717) is 16.7 Å².